The van der Waals surface area contributed by atoms with Gasteiger partial charge in [0.2, 0.25) is 4.77 Å². The van der Waals surface area contributed by atoms with E-state index >= 15 is 0 Å². The van der Waals surface area contributed by atoms with Crippen LogP contribution in [0.4, 0.5) is 4.39 Å². The Kier molecular flexibility index (Phi) is 5.20. The van der Waals surface area contributed by atoms with E-state index in [9.17, 15) is 4.39 Å². The highest BCUT2D eigenvalue weighted by Crippen LogP contribution is 2.30. The van der Waals surface area contributed by atoms with E-state index in [1.54, 1.807) is 31.5 Å². The first-order valence-electron chi connectivity index (χ1n) is 7.38. The van der Waals surface area contributed by atoms with Crippen LogP contribution < -0.4 is 9.47 Å². The van der Waals surface area contributed by atoms with Crippen molar-refractivity contribution in [3.8, 4) is 11.5 Å². The van der Waals surface area contributed by atoms with Crippen molar-refractivity contribution in [2.75, 3.05) is 7.11 Å². The number of hydrogen-bond acceptors (Lipinski definition) is 5. The molecule has 128 valence electrons. The Balaban J connectivity index is 1.86. The van der Waals surface area contributed by atoms with Crippen LogP contribution in [0.5, 0.6) is 11.5 Å². The third-order valence-corrected chi connectivity index (χ3v) is 3.66. The molecule has 0 fully saturated rings. The Morgan fingerprint density at radius 2 is 2.08 bits per heavy atom. The van der Waals surface area contributed by atoms with Crippen LogP contribution in [-0.4, -0.2) is 28.2 Å². The van der Waals surface area contributed by atoms with E-state index in [2.05, 4.69) is 15.3 Å². The molecule has 0 saturated heterocycles. The van der Waals surface area contributed by atoms with Gasteiger partial charge in [-0.15, -0.1) is 0 Å². The quantitative estimate of drug-likeness (QED) is 0.541. The Bertz CT molecular complexity index is 934. The van der Waals surface area contributed by atoms with E-state index in [4.69, 9.17) is 21.7 Å². The molecule has 0 unspecified atom stereocenters. The number of methoxy groups -OCH3 is 1. The molecule has 3 aromatic rings. The molecular weight excluding hydrogens is 343 g/mol. The van der Waals surface area contributed by atoms with Crippen molar-refractivity contribution < 1.29 is 13.9 Å². The lowest BCUT2D eigenvalue weighted by Gasteiger charge is -2.13. The topological polar surface area (TPSA) is 64.4 Å². The molecular formula is C17H15FN4O2S. The van der Waals surface area contributed by atoms with Gasteiger partial charge in [0.05, 0.1) is 13.3 Å². The highest BCUT2D eigenvalue weighted by Gasteiger charge is 2.10. The summed E-state index contributed by atoms with van der Waals surface area (Å²) in [5.74, 6) is 0.820. The van der Waals surface area contributed by atoms with Gasteiger partial charge in [0.1, 0.15) is 18.8 Å². The number of aromatic nitrogens is 3. The lowest BCUT2D eigenvalue weighted by molar-refractivity contribution is 0.284. The molecule has 1 heterocycles. The number of halogens is 1. The molecule has 1 N–H and O–H groups in total. The number of ether oxygens (including phenoxy) is 2. The second kappa shape index (κ2) is 7.71. The van der Waals surface area contributed by atoms with Crippen molar-refractivity contribution in [2.45, 2.75) is 6.61 Å². The van der Waals surface area contributed by atoms with Crippen LogP contribution in [0.1, 0.15) is 11.1 Å². The number of para-hydroxylation sites is 1. The number of aromatic amines is 1. The van der Waals surface area contributed by atoms with Crippen LogP contribution in [0, 0.1) is 10.6 Å². The van der Waals surface area contributed by atoms with E-state index < -0.39 is 0 Å². The van der Waals surface area contributed by atoms with Gasteiger partial charge in [0.15, 0.2) is 11.5 Å². The Morgan fingerprint density at radius 3 is 2.76 bits per heavy atom. The summed E-state index contributed by atoms with van der Waals surface area (Å²) in [6, 6.07) is 11.6. The minimum absolute atomic E-state index is 0.270. The van der Waals surface area contributed by atoms with Crippen molar-refractivity contribution in [3.63, 3.8) is 0 Å². The summed E-state index contributed by atoms with van der Waals surface area (Å²) in [6.07, 6.45) is 3.08. The first-order chi connectivity index (χ1) is 12.2. The predicted molar refractivity (Wildman–Crippen MR) is 94.1 cm³/mol. The molecule has 0 aliphatic rings. The number of H-pyrrole nitrogens is 1. The van der Waals surface area contributed by atoms with Crippen LogP contribution in [0.25, 0.3) is 0 Å². The van der Waals surface area contributed by atoms with Crippen LogP contribution in [0.2, 0.25) is 0 Å². The summed E-state index contributed by atoms with van der Waals surface area (Å²) in [6.45, 7) is 0.270. The largest absolute Gasteiger partial charge is 0.493 e. The highest BCUT2D eigenvalue weighted by molar-refractivity contribution is 7.71. The highest BCUT2D eigenvalue weighted by atomic mass is 32.1. The van der Waals surface area contributed by atoms with Crippen LogP contribution in [-0.2, 0) is 6.61 Å². The monoisotopic (exact) mass is 358 g/mol. The third kappa shape index (κ3) is 4.10. The Labute approximate surface area is 148 Å². The molecule has 2 aromatic carbocycles. The lowest BCUT2D eigenvalue weighted by Crippen LogP contribution is -2.01. The zero-order valence-corrected chi connectivity index (χ0v) is 14.2. The number of hydrogen-bond donors (Lipinski definition) is 1. The summed E-state index contributed by atoms with van der Waals surface area (Å²) in [4.78, 5) is 0. The summed E-state index contributed by atoms with van der Waals surface area (Å²) in [5.41, 5.74) is 1.55. The van der Waals surface area contributed by atoms with Gasteiger partial charge in [-0.1, -0.05) is 18.2 Å². The number of rotatable bonds is 6. The summed E-state index contributed by atoms with van der Waals surface area (Å²) >= 11 is 5.05. The van der Waals surface area contributed by atoms with Crippen LogP contribution >= 0.6 is 12.2 Å². The second-order valence-electron chi connectivity index (χ2n) is 5.04. The molecule has 8 heteroatoms. The average Bonchev–Trinajstić information content (AvgIpc) is 3.04. The number of benzene rings is 2. The van der Waals surface area contributed by atoms with E-state index in [-0.39, 0.29) is 12.4 Å². The van der Waals surface area contributed by atoms with E-state index in [1.807, 2.05) is 12.1 Å². The fraction of sp³-hybridized carbons (Fsp3) is 0.118. The molecule has 0 atom stereocenters. The SMILES string of the molecule is COc1cccc(/C=N/n2cn[nH]c2=S)c1OCc1ccc(F)cc1. The van der Waals surface area contributed by atoms with Crippen molar-refractivity contribution >= 4 is 18.4 Å². The molecule has 0 radical (unpaired) electrons. The van der Waals surface area contributed by atoms with Gasteiger partial charge in [-0.2, -0.15) is 14.9 Å². The zero-order valence-electron chi connectivity index (χ0n) is 13.3. The fourth-order valence-electron chi connectivity index (χ4n) is 2.13. The zero-order chi connectivity index (χ0) is 17.6. The molecule has 0 bridgehead atoms. The van der Waals surface area contributed by atoms with Gasteiger partial charge in [0.25, 0.3) is 0 Å². The molecule has 0 spiro atoms. The van der Waals surface area contributed by atoms with Crippen molar-refractivity contribution in [2.24, 2.45) is 5.10 Å². The van der Waals surface area contributed by atoms with Crippen LogP contribution in [0.3, 0.4) is 0 Å². The van der Waals surface area contributed by atoms with Gasteiger partial charge in [0, 0.05) is 5.56 Å². The molecule has 6 nitrogen and oxygen atoms in total. The molecule has 0 amide bonds. The summed E-state index contributed by atoms with van der Waals surface area (Å²) in [5, 5.41) is 10.7. The molecule has 0 aliphatic carbocycles. The minimum atomic E-state index is -0.286. The van der Waals surface area contributed by atoms with Crippen molar-refractivity contribution in [1.82, 2.24) is 14.9 Å². The first kappa shape index (κ1) is 16.8. The normalized spacial score (nSPS) is 11.0. The van der Waals surface area contributed by atoms with Crippen LogP contribution in [0.15, 0.2) is 53.9 Å². The van der Waals surface area contributed by atoms with Crippen molar-refractivity contribution in [1.29, 1.82) is 0 Å². The fourth-order valence-corrected chi connectivity index (χ4v) is 2.28. The smallest absolute Gasteiger partial charge is 0.216 e. The number of nitrogens with one attached hydrogen (secondary N) is 1. The Hall–Kier alpha value is -3.00. The third-order valence-electron chi connectivity index (χ3n) is 3.38. The molecule has 25 heavy (non-hydrogen) atoms. The van der Waals surface area contributed by atoms with Gasteiger partial charge in [-0.25, -0.2) is 4.39 Å². The van der Waals surface area contributed by atoms with E-state index in [0.29, 0.717) is 21.8 Å². The lowest BCUT2D eigenvalue weighted by atomic mass is 10.2. The maximum Gasteiger partial charge on any atom is 0.216 e. The maximum absolute atomic E-state index is 13.0. The predicted octanol–water partition coefficient (Wildman–Crippen LogP) is 3.55. The maximum atomic E-state index is 13.0. The summed E-state index contributed by atoms with van der Waals surface area (Å²) < 4.78 is 26.1. The molecule has 1 aromatic heterocycles. The van der Waals surface area contributed by atoms with E-state index in [1.165, 1.54) is 23.1 Å². The first-order valence-corrected chi connectivity index (χ1v) is 7.79. The standard InChI is InChI=1S/C17H15FN4O2S/c1-23-15-4-2-3-13(9-20-22-11-19-21-17(22)25)16(15)24-10-12-5-7-14(18)8-6-12/h2-9,11H,10H2,1H3,(H,21,25)/b20-9+. The average molecular weight is 358 g/mol. The summed E-state index contributed by atoms with van der Waals surface area (Å²) in [7, 11) is 1.56. The Morgan fingerprint density at radius 1 is 1.28 bits per heavy atom. The van der Waals surface area contributed by atoms with Gasteiger partial charge >= 0.3 is 0 Å². The second-order valence-corrected chi connectivity index (χ2v) is 5.43. The van der Waals surface area contributed by atoms with Gasteiger partial charge in [-0.3, -0.25) is 5.10 Å². The van der Waals surface area contributed by atoms with Crippen molar-refractivity contribution in [3.05, 3.63) is 70.5 Å². The number of nitrogens with zero attached hydrogens (tertiary/aromatic N) is 3. The molecule has 0 aliphatic heterocycles. The van der Waals surface area contributed by atoms with Gasteiger partial charge in [-0.05, 0) is 42.0 Å². The minimum Gasteiger partial charge on any atom is -0.493 e. The molecule has 3 rings (SSSR count). The van der Waals surface area contributed by atoms with E-state index in [0.717, 1.165) is 5.56 Å². The van der Waals surface area contributed by atoms with Gasteiger partial charge < -0.3 is 9.47 Å². The molecule has 0 saturated carbocycles.